The number of rotatable bonds is 1. The maximum Gasteiger partial charge on any atom is 0.115 e. The molecule has 1 unspecified atom stereocenters. The Morgan fingerprint density at radius 2 is 2.07 bits per heavy atom. The molecule has 1 aromatic carbocycles. The minimum absolute atomic E-state index is 0.00398. The first kappa shape index (κ1) is 9.99. The quantitative estimate of drug-likeness (QED) is 0.733. The molecule has 1 aromatic rings. The first-order valence-corrected chi connectivity index (χ1v) is 5.01. The Balaban J connectivity index is 2.45. The average molecular weight is 202 g/mol. The highest BCUT2D eigenvalue weighted by Crippen LogP contribution is 2.35. The second-order valence-corrected chi connectivity index (χ2v) is 3.91. The average Bonchev–Trinajstić information content (AvgIpc) is 2.23. The van der Waals surface area contributed by atoms with E-state index < -0.39 is 5.60 Å². The summed E-state index contributed by atoms with van der Waals surface area (Å²) in [5.74, 6) is 0.181. The molecule has 1 aliphatic rings. The van der Waals surface area contributed by atoms with E-state index in [9.17, 15) is 10.2 Å². The fraction of sp³-hybridized carbons (Fsp3) is 0.231. The zero-order chi connectivity index (χ0) is 10.9. The third-order valence-electron chi connectivity index (χ3n) is 2.86. The largest absolute Gasteiger partial charge is 0.508 e. The maximum atomic E-state index is 10.5. The first-order valence-electron chi connectivity index (χ1n) is 5.01. The van der Waals surface area contributed by atoms with Gasteiger partial charge in [0.25, 0.3) is 0 Å². The lowest BCUT2D eigenvalue weighted by Gasteiger charge is -2.31. The monoisotopic (exact) mass is 202 g/mol. The van der Waals surface area contributed by atoms with Gasteiger partial charge in [-0.2, -0.15) is 0 Å². The third-order valence-corrected chi connectivity index (χ3v) is 2.86. The van der Waals surface area contributed by atoms with Crippen LogP contribution in [0.15, 0.2) is 48.6 Å². The van der Waals surface area contributed by atoms with Crippen molar-refractivity contribution in [2.45, 2.75) is 12.5 Å². The van der Waals surface area contributed by atoms with Crippen LogP contribution in [0.1, 0.15) is 12.5 Å². The molecule has 0 aromatic heterocycles. The van der Waals surface area contributed by atoms with E-state index >= 15 is 0 Å². The van der Waals surface area contributed by atoms with Crippen molar-refractivity contribution in [2.75, 3.05) is 0 Å². The van der Waals surface area contributed by atoms with Crippen LogP contribution in [0.25, 0.3) is 0 Å². The van der Waals surface area contributed by atoms with Crippen molar-refractivity contribution >= 4 is 0 Å². The summed E-state index contributed by atoms with van der Waals surface area (Å²) in [7, 11) is 0. The van der Waals surface area contributed by atoms with Crippen molar-refractivity contribution in [1.82, 2.24) is 0 Å². The van der Waals surface area contributed by atoms with E-state index in [1.807, 2.05) is 31.2 Å². The molecular formula is C13H14O2. The molecule has 2 rings (SSSR count). The molecule has 0 heterocycles. The van der Waals surface area contributed by atoms with E-state index in [2.05, 4.69) is 0 Å². The lowest BCUT2D eigenvalue weighted by Crippen LogP contribution is -2.31. The van der Waals surface area contributed by atoms with Crippen molar-refractivity contribution < 1.29 is 10.2 Å². The Hall–Kier alpha value is -1.54. The summed E-state index contributed by atoms with van der Waals surface area (Å²) in [6.07, 6.45) is 7.45. The number of benzene rings is 1. The molecule has 2 N–H and O–H groups in total. The summed E-state index contributed by atoms with van der Waals surface area (Å²) >= 11 is 0. The second-order valence-electron chi connectivity index (χ2n) is 3.91. The van der Waals surface area contributed by atoms with Gasteiger partial charge in [0.2, 0.25) is 0 Å². The van der Waals surface area contributed by atoms with Crippen LogP contribution < -0.4 is 0 Å². The molecule has 15 heavy (non-hydrogen) atoms. The van der Waals surface area contributed by atoms with E-state index in [0.717, 1.165) is 5.56 Å². The Morgan fingerprint density at radius 3 is 2.73 bits per heavy atom. The smallest absolute Gasteiger partial charge is 0.115 e. The van der Waals surface area contributed by atoms with E-state index in [-0.39, 0.29) is 11.7 Å². The van der Waals surface area contributed by atoms with Gasteiger partial charge in [0.15, 0.2) is 0 Å². The number of hydrogen-bond acceptors (Lipinski definition) is 2. The van der Waals surface area contributed by atoms with Crippen molar-refractivity contribution in [3.8, 4) is 5.75 Å². The van der Waals surface area contributed by atoms with Gasteiger partial charge in [-0.25, -0.2) is 0 Å². The van der Waals surface area contributed by atoms with Gasteiger partial charge < -0.3 is 10.2 Å². The number of phenolic OH excluding ortho intramolecular Hbond substituents is 1. The van der Waals surface area contributed by atoms with Crippen LogP contribution >= 0.6 is 0 Å². The van der Waals surface area contributed by atoms with Crippen LogP contribution in [0.5, 0.6) is 5.75 Å². The highest BCUT2D eigenvalue weighted by molar-refractivity contribution is 5.37. The van der Waals surface area contributed by atoms with Gasteiger partial charge in [0, 0.05) is 5.92 Å². The SMILES string of the molecule is C[C@@H]1C=CC=CC1(O)c1cccc(O)c1. The maximum absolute atomic E-state index is 10.5. The molecule has 0 amide bonds. The summed E-state index contributed by atoms with van der Waals surface area (Å²) in [6, 6.07) is 6.75. The van der Waals surface area contributed by atoms with Crippen LogP contribution in [-0.4, -0.2) is 10.2 Å². The third kappa shape index (κ3) is 1.68. The molecule has 0 radical (unpaired) electrons. The molecule has 1 aliphatic carbocycles. The first-order chi connectivity index (χ1) is 7.13. The predicted molar refractivity (Wildman–Crippen MR) is 59.4 cm³/mol. The van der Waals surface area contributed by atoms with Crippen molar-refractivity contribution in [1.29, 1.82) is 0 Å². The number of allylic oxidation sites excluding steroid dienone is 2. The number of phenols is 1. The van der Waals surface area contributed by atoms with Crippen molar-refractivity contribution in [2.24, 2.45) is 5.92 Å². The lowest BCUT2D eigenvalue weighted by molar-refractivity contribution is 0.0501. The predicted octanol–water partition coefficient (Wildman–Crippen LogP) is 2.34. The molecule has 0 spiro atoms. The summed E-state index contributed by atoms with van der Waals surface area (Å²) in [5.41, 5.74) is -0.288. The molecule has 0 saturated heterocycles. The Kier molecular flexibility index (Phi) is 2.37. The van der Waals surface area contributed by atoms with Gasteiger partial charge in [-0.3, -0.25) is 0 Å². The zero-order valence-electron chi connectivity index (χ0n) is 8.59. The van der Waals surface area contributed by atoms with Gasteiger partial charge in [-0.15, -0.1) is 0 Å². The second kappa shape index (κ2) is 3.55. The number of aromatic hydroxyl groups is 1. The summed E-state index contributed by atoms with van der Waals surface area (Å²) in [6.45, 7) is 1.95. The number of aliphatic hydroxyl groups is 1. The Morgan fingerprint density at radius 1 is 1.27 bits per heavy atom. The molecule has 2 nitrogen and oxygen atoms in total. The summed E-state index contributed by atoms with van der Waals surface area (Å²) in [5, 5.41) is 19.9. The molecule has 78 valence electrons. The highest BCUT2D eigenvalue weighted by Gasteiger charge is 2.32. The molecule has 0 saturated carbocycles. The van der Waals surface area contributed by atoms with E-state index in [0.29, 0.717) is 0 Å². The van der Waals surface area contributed by atoms with Gasteiger partial charge in [0.1, 0.15) is 11.4 Å². The van der Waals surface area contributed by atoms with Crippen molar-refractivity contribution in [3.05, 3.63) is 54.1 Å². The Labute approximate surface area is 89.2 Å². The Bertz CT molecular complexity index is 420. The van der Waals surface area contributed by atoms with Crippen molar-refractivity contribution in [3.63, 3.8) is 0 Å². The van der Waals surface area contributed by atoms with Crippen LogP contribution in [-0.2, 0) is 5.60 Å². The minimum atomic E-state index is -1.01. The molecule has 2 heteroatoms. The topological polar surface area (TPSA) is 40.5 Å². The van der Waals surface area contributed by atoms with E-state index in [1.54, 1.807) is 24.3 Å². The number of hydrogen-bond donors (Lipinski definition) is 2. The van der Waals surface area contributed by atoms with Gasteiger partial charge in [-0.05, 0) is 23.8 Å². The fourth-order valence-corrected chi connectivity index (χ4v) is 1.85. The molecule has 2 atom stereocenters. The highest BCUT2D eigenvalue weighted by atomic mass is 16.3. The molecular weight excluding hydrogens is 188 g/mol. The van der Waals surface area contributed by atoms with Crippen LogP contribution in [0.3, 0.4) is 0 Å². The normalized spacial score (nSPS) is 29.3. The van der Waals surface area contributed by atoms with E-state index in [1.165, 1.54) is 0 Å². The summed E-state index contributed by atoms with van der Waals surface area (Å²) < 4.78 is 0. The standard InChI is InChI=1S/C13H14O2/c1-10-5-2-3-8-13(10,15)11-6-4-7-12(14)9-11/h2-10,14-15H,1H3/t10-,13?/m1/s1. The minimum Gasteiger partial charge on any atom is -0.508 e. The lowest BCUT2D eigenvalue weighted by atomic mass is 9.79. The van der Waals surface area contributed by atoms with Crippen LogP contribution in [0.2, 0.25) is 0 Å². The zero-order valence-corrected chi connectivity index (χ0v) is 8.59. The summed E-state index contributed by atoms with van der Waals surface area (Å²) in [4.78, 5) is 0. The molecule has 0 fully saturated rings. The molecule has 0 bridgehead atoms. The molecule has 0 aliphatic heterocycles. The van der Waals surface area contributed by atoms with Gasteiger partial charge >= 0.3 is 0 Å². The van der Waals surface area contributed by atoms with Gasteiger partial charge in [-0.1, -0.05) is 37.3 Å². The van der Waals surface area contributed by atoms with Crippen LogP contribution in [0, 0.1) is 5.92 Å². The van der Waals surface area contributed by atoms with E-state index in [4.69, 9.17) is 0 Å². The van der Waals surface area contributed by atoms with Gasteiger partial charge in [0.05, 0.1) is 0 Å². The fourth-order valence-electron chi connectivity index (χ4n) is 1.85. The van der Waals surface area contributed by atoms with Crippen LogP contribution in [0.4, 0.5) is 0 Å².